The fourth-order valence-corrected chi connectivity index (χ4v) is 1.22. The van der Waals surface area contributed by atoms with Crippen LogP contribution in [0.15, 0.2) is 28.7 Å². The van der Waals surface area contributed by atoms with Crippen molar-refractivity contribution >= 4 is 0 Å². The molecule has 1 N–H and O–H groups in total. The zero-order chi connectivity index (χ0) is 9.97. The van der Waals surface area contributed by atoms with Gasteiger partial charge in [-0.25, -0.2) is 0 Å². The van der Waals surface area contributed by atoms with E-state index in [-0.39, 0.29) is 0 Å². The highest BCUT2D eigenvalue weighted by atomic mass is 16.5. The van der Waals surface area contributed by atoms with Gasteiger partial charge < -0.3 is 9.52 Å². The lowest BCUT2D eigenvalue weighted by Gasteiger charge is -1.96. The zero-order valence-electron chi connectivity index (χ0n) is 7.77. The SMILES string of the molecule is CCc1ccc(-c2nnc(O)o2)cc1. The Balaban J connectivity index is 2.33. The molecule has 1 aromatic carbocycles. The highest BCUT2D eigenvalue weighted by Gasteiger charge is 2.06. The fourth-order valence-electron chi connectivity index (χ4n) is 1.22. The summed E-state index contributed by atoms with van der Waals surface area (Å²) in [5.74, 6) is 0.338. The lowest BCUT2D eigenvalue weighted by atomic mass is 10.1. The first-order valence-corrected chi connectivity index (χ1v) is 4.41. The maximum absolute atomic E-state index is 8.87. The number of hydrogen-bond donors (Lipinski definition) is 1. The molecule has 14 heavy (non-hydrogen) atoms. The number of aromatic nitrogens is 2. The van der Waals surface area contributed by atoms with Gasteiger partial charge in [0.15, 0.2) is 0 Å². The van der Waals surface area contributed by atoms with E-state index in [0.717, 1.165) is 12.0 Å². The van der Waals surface area contributed by atoms with Crippen LogP contribution in [0.5, 0.6) is 6.08 Å². The van der Waals surface area contributed by atoms with Crippen molar-refractivity contribution in [3.63, 3.8) is 0 Å². The summed E-state index contributed by atoms with van der Waals surface area (Å²) in [6.07, 6.45) is 0.592. The molecule has 0 atom stereocenters. The van der Waals surface area contributed by atoms with Gasteiger partial charge in [0.25, 0.3) is 5.89 Å². The zero-order valence-corrected chi connectivity index (χ0v) is 7.77. The molecule has 0 saturated carbocycles. The quantitative estimate of drug-likeness (QED) is 0.786. The Morgan fingerprint density at radius 2 is 1.93 bits per heavy atom. The van der Waals surface area contributed by atoms with E-state index in [4.69, 9.17) is 9.52 Å². The van der Waals surface area contributed by atoms with Gasteiger partial charge in [-0.05, 0) is 24.1 Å². The lowest BCUT2D eigenvalue weighted by Crippen LogP contribution is -1.81. The predicted octanol–water partition coefficient (Wildman–Crippen LogP) is 2.00. The number of aromatic hydroxyl groups is 1. The molecule has 0 bridgehead atoms. The molecule has 1 heterocycles. The van der Waals surface area contributed by atoms with Crippen molar-refractivity contribution in [3.05, 3.63) is 29.8 Å². The largest absolute Gasteiger partial charge is 0.465 e. The molecule has 0 aliphatic rings. The molecule has 0 saturated heterocycles. The Morgan fingerprint density at radius 1 is 1.21 bits per heavy atom. The second-order valence-electron chi connectivity index (χ2n) is 2.94. The second-order valence-corrected chi connectivity index (χ2v) is 2.94. The monoisotopic (exact) mass is 190 g/mol. The summed E-state index contributed by atoms with van der Waals surface area (Å²) >= 11 is 0. The van der Waals surface area contributed by atoms with E-state index in [1.54, 1.807) is 0 Å². The van der Waals surface area contributed by atoms with Crippen LogP contribution in [0.2, 0.25) is 0 Å². The van der Waals surface area contributed by atoms with Crippen LogP contribution in [-0.4, -0.2) is 15.3 Å². The molecule has 0 spiro atoms. The summed E-state index contributed by atoms with van der Waals surface area (Å²) in [6, 6.07) is 7.78. The third-order valence-corrected chi connectivity index (χ3v) is 2.02. The molecule has 0 fully saturated rings. The summed E-state index contributed by atoms with van der Waals surface area (Å²) < 4.78 is 4.88. The summed E-state index contributed by atoms with van der Waals surface area (Å²) in [4.78, 5) is 0. The van der Waals surface area contributed by atoms with E-state index in [2.05, 4.69) is 17.1 Å². The van der Waals surface area contributed by atoms with E-state index in [0.29, 0.717) is 5.89 Å². The molecule has 72 valence electrons. The average Bonchev–Trinajstić information content (AvgIpc) is 2.65. The highest BCUT2D eigenvalue weighted by Crippen LogP contribution is 2.20. The predicted molar refractivity (Wildman–Crippen MR) is 50.8 cm³/mol. The molecule has 0 unspecified atom stereocenters. The van der Waals surface area contributed by atoms with Crippen LogP contribution in [-0.2, 0) is 6.42 Å². The normalized spacial score (nSPS) is 10.4. The molecule has 0 amide bonds. The van der Waals surface area contributed by atoms with Gasteiger partial charge in [0.2, 0.25) is 0 Å². The molecular formula is C10H10N2O2. The van der Waals surface area contributed by atoms with Crippen molar-refractivity contribution in [2.75, 3.05) is 0 Å². The summed E-state index contributed by atoms with van der Waals surface area (Å²) in [6.45, 7) is 2.09. The van der Waals surface area contributed by atoms with Crippen molar-refractivity contribution in [2.45, 2.75) is 13.3 Å². The lowest BCUT2D eigenvalue weighted by molar-refractivity contribution is 0.320. The Morgan fingerprint density at radius 3 is 2.43 bits per heavy atom. The molecule has 2 aromatic rings. The van der Waals surface area contributed by atoms with Gasteiger partial charge in [0, 0.05) is 5.56 Å². The first-order valence-electron chi connectivity index (χ1n) is 4.41. The van der Waals surface area contributed by atoms with Crippen LogP contribution in [0.25, 0.3) is 11.5 Å². The number of nitrogens with zero attached hydrogens (tertiary/aromatic N) is 2. The molecule has 0 aliphatic heterocycles. The first kappa shape index (κ1) is 8.74. The first-order chi connectivity index (χ1) is 6.79. The van der Waals surface area contributed by atoms with E-state index < -0.39 is 6.08 Å². The molecule has 4 heteroatoms. The molecule has 1 aromatic heterocycles. The van der Waals surface area contributed by atoms with Crippen molar-refractivity contribution < 1.29 is 9.52 Å². The van der Waals surface area contributed by atoms with Gasteiger partial charge in [-0.2, -0.15) is 0 Å². The number of aryl methyl sites for hydroxylation is 1. The molecule has 0 radical (unpaired) electrons. The van der Waals surface area contributed by atoms with Gasteiger partial charge >= 0.3 is 6.08 Å². The topological polar surface area (TPSA) is 59.2 Å². The Kier molecular flexibility index (Phi) is 2.18. The van der Waals surface area contributed by atoms with Crippen LogP contribution in [0.1, 0.15) is 12.5 Å². The standard InChI is InChI=1S/C10H10N2O2/c1-2-7-3-5-8(6-4-7)9-11-12-10(13)14-9/h3-6H,2H2,1H3,(H,12,13). The van der Waals surface area contributed by atoms with Crippen molar-refractivity contribution in [2.24, 2.45) is 0 Å². The number of rotatable bonds is 2. The molecule has 0 aliphatic carbocycles. The molecular weight excluding hydrogens is 180 g/mol. The minimum absolute atomic E-state index is 0.338. The Bertz CT molecular complexity index is 420. The van der Waals surface area contributed by atoms with E-state index in [9.17, 15) is 0 Å². The summed E-state index contributed by atoms with van der Waals surface area (Å²) in [7, 11) is 0. The Labute approximate surface area is 81.2 Å². The van der Waals surface area contributed by atoms with Crippen LogP contribution < -0.4 is 0 Å². The van der Waals surface area contributed by atoms with Crippen molar-refractivity contribution in [1.82, 2.24) is 10.2 Å². The maximum Gasteiger partial charge on any atom is 0.412 e. The smallest absolute Gasteiger partial charge is 0.412 e. The van der Waals surface area contributed by atoms with E-state index in [1.807, 2.05) is 24.3 Å². The van der Waals surface area contributed by atoms with Crippen LogP contribution in [0, 0.1) is 0 Å². The third-order valence-electron chi connectivity index (χ3n) is 2.02. The molecule has 2 rings (SSSR count). The minimum atomic E-state index is -0.403. The summed E-state index contributed by atoms with van der Waals surface area (Å²) in [5.41, 5.74) is 2.06. The van der Waals surface area contributed by atoms with Gasteiger partial charge in [0.1, 0.15) is 0 Å². The van der Waals surface area contributed by atoms with E-state index >= 15 is 0 Å². The van der Waals surface area contributed by atoms with Gasteiger partial charge in [-0.1, -0.05) is 24.2 Å². The van der Waals surface area contributed by atoms with Gasteiger partial charge in [-0.15, -0.1) is 5.10 Å². The van der Waals surface area contributed by atoms with Crippen molar-refractivity contribution in [1.29, 1.82) is 0 Å². The maximum atomic E-state index is 8.87. The second kappa shape index (κ2) is 3.49. The van der Waals surface area contributed by atoms with E-state index in [1.165, 1.54) is 5.56 Å². The van der Waals surface area contributed by atoms with Crippen LogP contribution in [0.3, 0.4) is 0 Å². The highest BCUT2D eigenvalue weighted by molar-refractivity contribution is 5.53. The third kappa shape index (κ3) is 1.59. The average molecular weight is 190 g/mol. The van der Waals surface area contributed by atoms with Gasteiger partial charge in [-0.3, -0.25) is 0 Å². The van der Waals surface area contributed by atoms with Gasteiger partial charge in [0.05, 0.1) is 0 Å². The number of hydrogen-bond acceptors (Lipinski definition) is 4. The van der Waals surface area contributed by atoms with Crippen LogP contribution in [0.4, 0.5) is 0 Å². The minimum Gasteiger partial charge on any atom is -0.465 e. The Hall–Kier alpha value is -1.84. The van der Waals surface area contributed by atoms with Crippen molar-refractivity contribution in [3.8, 4) is 17.5 Å². The fraction of sp³-hybridized carbons (Fsp3) is 0.200. The number of benzene rings is 1. The van der Waals surface area contributed by atoms with Crippen LogP contribution >= 0.6 is 0 Å². The summed E-state index contributed by atoms with van der Waals surface area (Å²) in [5, 5.41) is 15.9. The molecule has 4 nitrogen and oxygen atoms in total.